The smallest absolute Gasteiger partial charge is 0.243 e. The monoisotopic (exact) mass is 312 g/mol. The van der Waals surface area contributed by atoms with Crippen molar-refractivity contribution in [1.82, 2.24) is 4.31 Å². The number of nitrogens with two attached hydrogens (primary N) is 1. The minimum atomic E-state index is -3.56. The molecule has 1 fully saturated rings. The number of rotatable bonds is 6. The van der Waals surface area contributed by atoms with Gasteiger partial charge in [-0.1, -0.05) is 31.4 Å². The number of aliphatic hydroxyl groups is 1. The highest BCUT2D eigenvalue weighted by Crippen LogP contribution is 2.27. The van der Waals surface area contributed by atoms with Crippen molar-refractivity contribution in [1.29, 1.82) is 0 Å². The van der Waals surface area contributed by atoms with Crippen LogP contribution in [0.5, 0.6) is 0 Å². The second-order valence-corrected chi connectivity index (χ2v) is 7.37. The Balaban J connectivity index is 2.27. The number of hydrogen-bond acceptors (Lipinski definition) is 4. The van der Waals surface area contributed by atoms with E-state index in [9.17, 15) is 13.5 Å². The fourth-order valence-electron chi connectivity index (χ4n) is 2.90. The van der Waals surface area contributed by atoms with Crippen LogP contribution in [0.25, 0.3) is 0 Å². The van der Waals surface area contributed by atoms with Crippen molar-refractivity contribution in [2.75, 3.05) is 13.2 Å². The average molecular weight is 312 g/mol. The maximum Gasteiger partial charge on any atom is 0.243 e. The van der Waals surface area contributed by atoms with Crippen molar-refractivity contribution in [3.8, 4) is 0 Å². The van der Waals surface area contributed by atoms with Gasteiger partial charge < -0.3 is 10.8 Å². The van der Waals surface area contributed by atoms with E-state index in [1.165, 1.54) is 4.31 Å². The predicted octanol–water partition coefficient (Wildman–Crippen LogP) is 1.46. The van der Waals surface area contributed by atoms with Crippen LogP contribution < -0.4 is 5.73 Å². The molecule has 5 nitrogen and oxygen atoms in total. The topological polar surface area (TPSA) is 83.6 Å². The van der Waals surface area contributed by atoms with Crippen molar-refractivity contribution in [3.63, 3.8) is 0 Å². The zero-order valence-corrected chi connectivity index (χ0v) is 13.1. The third kappa shape index (κ3) is 3.83. The molecule has 1 aromatic carbocycles. The van der Waals surface area contributed by atoms with Crippen LogP contribution in [0.15, 0.2) is 29.2 Å². The molecule has 6 heteroatoms. The molecule has 1 aliphatic carbocycles. The van der Waals surface area contributed by atoms with E-state index in [1.54, 1.807) is 24.3 Å². The van der Waals surface area contributed by atoms with Crippen LogP contribution in [0.4, 0.5) is 0 Å². The molecular formula is C15H24N2O3S. The molecule has 21 heavy (non-hydrogen) atoms. The predicted molar refractivity (Wildman–Crippen MR) is 82.2 cm³/mol. The summed E-state index contributed by atoms with van der Waals surface area (Å²) in [5.41, 5.74) is 6.44. The van der Waals surface area contributed by atoms with Crippen LogP contribution in [-0.4, -0.2) is 37.0 Å². The van der Waals surface area contributed by atoms with E-state index in [2.05, 4.69) is 0 Å². The average Bonchev–Trinajstić information content (AvgIpc) is 2.53. The molecule has 0 aromatic heterocycles. The van der Waals surface area contributed by atoms with Crippen molar-refractivity contribution >= 4 is 10.0 Å². The zero-order chi connectivity index (χ0) is 15.3. The summed E-state index contributed by atoms with van der Waals surface area (Å²) in [7, 11) is -3.56. The quantitative estimate of drug-likeness (QED) is 0.833. The Kier molecular flexibility index (Phi) is 5.75. The Hall–Kier alpha value is -0.950. The van der Waals surface area contributed by atoms with Gasteiger partial charge in [0.25, 0.3) is 0 Å². The lowest BCUT2D eigenvalue weighted by Gasteiger charge is -2.33. The highest BCUT2D eigenvalue weighted by atomic mass is 32.2. The molecular weight excluding hydrogens is 288 g/mol. The Bertz CT molecular complexity index is 537. The van der Waals surface area contributed by atoms with E-state index in [0.29, 0.717) is 6.54 Å². The summed E-state index contributed by atoms with van der Waals surface area (Å²) in [5, 5.41) is 9.24. The first kappa shape index (κ1) is 16.4. The third-order valence-corrected chi connectivity index (χ3v) is 6.03. The molecule has 0 spiro atoms. The maximum absolute atomic E-state index is 12.8. The molecule has 0 heterocycles. The van der Waals surface area contributed by atoms with E-state index >= 15 is 0 Å². The van der Waals surface area contributed by atoms with E-state index in [-0.39, 0.29) is 24.1 Å². The Morgan fingerprint density at radius 1 is 1.14 bits per heavy atom. The molecule has 0 atom stereocenters. The van der Waals surface area contributed by atoms with E-state index in [0.717, 1.165) is 37.7 Å². The van der Waals surface area contributed by atoms with Crippen LogP contribution in [-0.2, 0) is 16.6 Å². The Morgan fingerprint density at radius 2 is 1.76 bits per heavy atom. The van der Waals surface area contributed by atoms with Gasteiger partial charge in [-0.25, -0.2) is 8.42 Å². The first-order valence-electron chi connectivity index (χ1n) is 7.51. The fourth-order valence-corrected chi connectivity index (χ4v) is 4.58. The summed E-state index contributed by atoms with van der Waals surface area (Å²) in [6.45, 7) is 0.394. The van der Waals surface area contributed by atoms with Crippen molar-refractivity contribution in [2.24, 2.45) is 5.73 Å². The molecule has 0 radical (unpaired) electrons. The van der Waals surface area contributed by atoms with Crippen LogP contribution in [0, 0.1) is 0 Å². The second kappa shape index (κ2) is 7.35. The highest BCUT2D eigenvalue weighted by Gasteiger charge is 2.31. The molecule has 0 bridgehead atoms. The SMILES string of the molecule is NCc1ccc(S(=O)(=O)N(CCO)C2CCCCC2)cc1. The van der Waals surface area contributed by atoms with Gasteiger partial charge in [0.05, 0.1) is 11.5 Å². The number of sulfonamides is 1. The van der Waals surface area contributed by atoms with Crippen LogP contribution in [0.2, 0.25) is 0 Å². The fraction of sp³-hybridized carbons (Fsp3) is 0.600. The first-order valence-corrected chi connectivity index (χ1v) is 8.95. The third-order valence-electron chi connectivity index (χ3n) is 4.07. The number of hydrogen-bond donors (Lipinski definition) is 2. The van der Waals surface area contributed by atoms with Gasteiger partial charge in [-0.05, 0) is 30.5 Å². The number of aliphatic hydroxyl groups excluding tert-OH is 1. The van der Waals surface area contributed by atoms with Gasteiger partial charge in [0.1, 0.15) is 0 Å². The van der Waals surface area contributed by atoms with Gasteiger partial charge in [-0.2, -0.15) is 4.31 Å². The summed E-state index contributed by atoms with van der Waals surface area (Å²) in [4.78, 5) is 0.277. The summed E-state index contributed by atoms with van der Waals surface area (Å²) in [5.74, 6) is 0. The van der Waals surface area contributed by atoms with Gasteiger partial charge in [0, 0.05) is 19.1 Å². The maximum atomic E-state index is 12.8. The number of benzene rings is 1. The van der Waals surface area contributed by atoms with Crippen LogP contribution in [0.3, 0.4) is 0 Å². The standard InChI is InChI=1S/C15H24N2O3S/c16-12-13-6-8-15(9-7-13)21(19,20)17(10-11-18)14-4-2-1-3-5-14/h6-9,14,18H,1-5,10-12,16H2. The minimum absolute atomic E-state index is 0.00471. The van der Waals surface area contributed by atoms with Gasteiger partial charge in [-0.15, -0.1) is 0 Å². The second-order valence-electron chi connectivity index (χ2n) is 5.48. The zero-order valence-electron chi connectivity index (χ0n) is 12.2. The van der Waals surface area contributed by atoms with Crippen molar-refractivity contribution < 1.29 is 13.5 Å². The molecule has 3 N–H and O–H groups in total. The van der Waals surface area contributed by atoms with Gasteiger partial charge in [0.15, 0.2) is 0 Å². The molecule has 1 saturated carbocycles. The van der Waals surface area contributed by atoms with E-state index < -0.39 is 10.0 Å². The molecule has 1 aliphatic rings. The summed E-state index contributed by atoms with van der Waals surface area (Å²) in [6, 6.07) is 6.69. The normalized spacial score (nSPS) is 17.3. The van der Waals surface area contributed by atoms with E-state index in [4.69, 9.17) is 5.73 Å². The summed E-state index contributed by atoms with van der Waals surface area (Å²) in [6.07, 6.45) is 5.01. The van der Waals surface area contributed by atoms with Gasteiger partial charge >= 0.3 is 0 Å². The van der Waals surface area contributed by atoms with Gasteiger partial charge in [-0.3, -0.25) is 0 Å². The molecule has 0 saturated heterocycles. The molecule has 118 valence electrons. The molecule has 0 aliphatic heterocycles. The first-order chi connectivity index (χ1) is 10.1. The molecule has 1 aromatic rings. The molecule has 2 rings (SSSR count). The van der Waals surface area contributed by atoms with Gasteiger partial charge in [0.2, 0.25) is 10.0 Å². The Morgan fingerprint density at radius 3 is 2.29 bits per heavy atom. The van der Waals surface area contributed by atoms with Crippen molar-refractivity contribution in [2.45, 2.75) is 49.6 Å². The van der Waals surface area contributed by atoms with Crippen LogP contribution in [0.1, 0.15) is 37.7 Å². The number of nitrogens with zero attached hydrogens (tertiary/aromatic N) is 1. The van der Waals surface area contributed by atoms with E-state index in [1.807, 2.05) is 0 Å². The lowest BCUT2D eigenvalue weighted by atomic mass is 9.95. The molecule has 0 amide bonds. The lowest BCUT2D eigenvalue weighted by molar-refractivity contribution is 0.199. The lowest BCUT2D eigenvalue weighted by Crippen LogP contribution is -2.43. The molecule has 0 unspecified atom stereocenters. The summed E-state index contributed by atoms with van der Waals surface area (Å²) < 4.78 is 27.1. The summed E-state index contributed by atoms with van der Waals surface area (Å²) >= 11 is 0. The minimum Gasteiger partial charge on any atom is -0.395 e. The Labute approximate surface area is 126 Å². The highest BCUT2D eigenvalue weighted by molar-refractivity contribution is 7.89. The largest absolute Gasteiger partial charge is 0.395 e. The van der Waals surface area contributed by atoms with Crippen molar-refractivity contribution in [3.05, 3.63) is 29.8 Å². The van der Waals surface area contributed by atoms with Crippen LogP contribution >= 0.6 is 0 Å².